The lowest BCUT2D eigenvalue weighted by Gasteiger charge is -2.34. The number of methoxy groups -OCH3 is 1. The minimum Gasteiger partial charge on any atom is -0.385 e. The van der Waals surface area contributed by atoms with Gasteiger partial charge in [0.1, 0.15) is 28.9 Å². The molecule has 4 aromatic rings. The van der Waals surface area contributed by atoms with Crippen molar-refractivity contribution in [1.82, 2.24) is 20.1 Å². The van der Waals surface area contributed by atoms with E-state index in [1.807, 2.05) is 32.9 Å². The number of halogens is 9. The number of aromatic nitrogens is 3. The number of hydrogen-bond acceptors (Lipinski definition) is 8. The second-order valence-corrected chi connectivity index (χ2v) is 22.2. The van der Waals surface area contributed by atoms with Crippen molar-refractivity contribution in [1.29, 1.82) is 5.41 Å². The Labute approximate surface area is 455 Å². The lowest BCUT2D eigenvalue weighted by atomic mass is 9.84. The SMILES string of the molecule is CCCC(=N)c1c(CC)ccc(N(C)/C(=N\c2nc(C3CCC(F)(F)CC3)cc(Cl)c2C=O)C(Cc2cc(F)cc(F)c2)NC(Cn2nc(C(F)F)c3c2C(F)(F)C(C)C3)=C2CCC2)c1C.CCCCCOC.CS(C)=O. The predicted molar refractivity (Wildman–Crippen MR) is 292 cm³/mol. The van der Waals surface area contributed by atoms with Crippen LogP contribution in [0.1, 0.15) is 172 Å². The second-order valence-electron chi connectivity index (χ2n) is 20.3. The number of carbonyl (C=O) groups excluding carboxylic acids is 1. The Hall–Kier alpha value is -5.01. The molecule has 2 aromatic carbocycles. The largest absolute Gasteiger partial charge is 0.385 e. The van der Waals surface area contributed by atoms with E-state index in [0.29, 0.717) is 66.7 Å². The highest BCUT2D eigenvalue weighted by Gasteiger charge is 2.51. The van der Waals surface area contributed by atoms with Crippen molar-refractivity contribution in [3.8, 4) is 0 Å². The molecular formula is C57H74ClF8N7O3S. The molecule has 77 heavy (non-hydrogen) atoms. The fourth-order valence-electron chi connectivity index (χ4n) is 10.1. The van der Waals surface area contributed by atoms with E-state index in [9.17, 15) is 26.6 Å². The molecule has 424 valence electrons. The van der Waals surface area contributed by atoms with Gasteiger partial charge >= 0.3 is 0 Å². The summed E-state index contributed by atoms with van der Waals surface area (Å²) in [5, 5.41) is 16.6. The summed E-state index contributed by atoms with van der Waals surface area (Å²) >= 11 is 6.77. The van der Waals surface area contributed by atoms with Crippen molar-refractivity contribution in [2.24, 2.45) is 10.9 Å². The van der Waals surface area contributed by atoms with Gasteiger partial charge in [0.15, 0.2) is 12.1 Å². The number of allylic oxidation sites excluding steroid dienone is 2. The molecule has 0 saturated heterocycles. The maximum atomic E-state index is 15.9. The summed E-state index contributed by atoms with van der Waals surface area (Å²) in [6.45, 7) is 9.84. The number of alkyl halides is 6. The summed E-state index contributed by atoms with van der Waals surface area (Å²) in [6, 6.07) is 7.08. The number of benzene rings is 2. The van der Waals surface area contributed by atoms with Gasteiger partial charge in [-0.05, 0) is 118 Å². The molecule has 2 saturated carbocycles. The molecule has 3 aliphatic rings. The van der Waals surface area contributed by atoms with Crippen LogP contribution in [0.2, 0.25) is 5.02 Å². The Balaban J connectivity index is 0.000000901. The zero-order chi connectivity index (χ0) is 56.9. The number of aryl methyl sites for hydroxylation is 1. The molecule has 3 aliphatic carbocycles. The number of amidine groups is 1. The van der Waals surface area contributed by atoms with Crippen LogP contribution in [-0.4, -0.2) is 82.0 Å². The minimum atomic E-state index is -3.48. The molecular weight excluding hydrogens is 1050 g/mol. The van der Waals surface area contributed by atoms with E-state index >= 15 is 17.6 Å². The van der Waals surface area contributed by atoms with Crippen molar-refractivity contribution >= 4 is 51.7 Å². The number of unbranched alkanes of at least 4 members (excludes halogenated alkanes) is 2. The number of fused-ring (bicyclic) bond motifs is 1. The third-order valence-electron chi connectivity index (χ3n) is 14.3. The summed E-state index contributed by atoms with van der Waals surface area (Å²) in [4.78, 5) is 24.4. The predicted octanol–water partition coefficient (Wildman–Crippen LogP) is 14.9. The Kier molecular flexibility index (Phi) is 23.0. The number of ether oxygens (including phenoxy) is 1. The Morgan fingerprint density at radius 2 is 1.69 bits per heavy atom. The van der Waals surface area contributed by atoms with Gasteiger partial charge < -0.3 is 20.4 Å². The van der Waals surface area contributed by atoms with Crippen LogP contribution in [-0.2, 0) is 47.3 Å². The van der Waals surface area contributed by atoms with E-state index in [-0.39, 0.29) is 78.4 Å². The lowest BCUT2D eigenvalue weighted by molar-refractivity contribution is -0.0528. The van der Waals surface area contributed by atoms with Gasteiger partial charge in [-0.1, -0.05) is 64.6 Å². The molecule has 0 amide bonds. The first-order chi connectivity index (χ1) is 36.4. The van der Waals surface area contributed by atoms with Crippen LogP contribution in [0, 0.1) is 29.9 Å². The number of nitrogens with zero attached hydrogens (tertiary/aromatic N) is 5. The highest BCUT2D eigenvalue weighted by molar-refractivity contribution is 7.83. The molecule has 20 heteroatoms. The van der Waals surface area contributed by atoms with Crippen molar-refractivity contribution < 1.29 is 48.9 Å². The second kappa shape index (κ2) is 28.2. The number of nitrogens with one attached hydrogen (secondary N) is 2. The molecule has 2 aromatic heterocycles. The fourth-order valence-corrected chi connectivity index (χ4v) is 10.3. The molecule has 0 radical (unpaired) electrons. The van der Waals surface area contributed by atoms with Gasteiger partial charge in [0, 0.05) is 109 Å². The van der Waals surface area contributed by atoms with Gasteiger partial charge in [0.25, 0.3) is 12.3 Å². The molecule has 2 unspecified atom stereocenters. The van der Waals surface area contributed by atoms with E-state index in [1.54, 1.807) is 31.6 Å². The van der Waals surface area contributed by atoms with Gasteiger partial charge in [0.05, 0.1) is 23.2 Å². The van der Waals surface area contributed by atoms with E-state index < -0.39 is 70.0 Å². The molecule has 2 fully saturated rings. The summed E-state index contributed by atoms with van der Waals surface area (Å²) in [7, 11) is 2.82. The molecule has 0 bridgehead atoms. The zero-order valence-corrected chi connectivity index (χ0v) is 47.2. The maximum absolute atomic E-state index is 15.9. The monoisotopic (exact) mass is 1120 g/mol. The first kappa shape index (κ1) is 62.8. The number of hydrogen-bond donors (Lipinski definition) is 2. The number of aliphatic imine (C=N–C) groups is 1. The van der Waals surface area contributed by atoms with Crippen LogP contribution in [0.15, 0.2) is 52.7 Å². The smallest absolute Gasteiger partial charge is 0.292 e. The summed E-state index contributed by atoms with van der Waals surface area (Å²) in [5.41, 5.74) is 3.32. The Morgan fingerprint density at radius 3 is 2.23 bits per heavy atom. The van der Waals surface area contributed by atoms with Crippen LogP contribution >= 0.6 is 11.6 Å². The number of aldehydes is 1. The fraction of sp³-hybridized carbons (Fsp3) is 0.561. The summed E-state index contributed by atoms with van der Waals surface area (Å²) in [5.74, 6) is -9.82. The van der Waals surface area contributed by atoms with Gasteiger partial charge in [0.2, 0.25) is 5.92 Å². The quantitative estimate of drug-likeness (QED) is 0.0297. The van der Waals surface area contributed by atoms with Gasteiger partial charge in [-0.25, -0.2) is 36.3 Å². The zero-order valence-electron chi connectivity index (χ0n) is 45.6. The Morgan fingerprint density at radius 1 is 1.04 bits per heavy atom. The van der Waals surface area contributed by atoms with Crippen LogP contribution in [0.4, 0.5) is 46.6 Å². The molecule has 2 N–H and O–H groups in total. The Bertz CT molecular complexity index is 2740. The molecule has 10 nitrogen and oxygen atoms in total. The maximum Gasteiger partial charge on any atom is 0.292 e. The normalized spacial score (nSPS) is 17.2. The highest BCUT2D eigenvalue weighted by atomic mass is 35.5. The number of rotatable bonds is 20. The molecule has 2 atom stereocenters. The average Bonchev–Trinajstić information content (AvgIpc) is 3.81. The van der Waals surface area contributed by atoms with Crippen LogP contribution in [0.25, 0.3) is 0 Å². The van der Waals surface area contributed by atoms with Crippen molar-refractivity contribution in [2.75, 3.05) is 38.2 Å². The summed E-state index contributed by atoms with van der Waals surface area (Å²) in [6.07, 6.45) is 6.99. The van der Waals surface area contributed by atoms with Gasteiger partial charge in [-0.2, -0.15) is 13.9 Å². The van der Waals surface area contributed by atoms with Crippen molar-refractivity contribution in [3.63, 3.8) is 0 Å². The van der Waals surface area contributed by atoms with E-state index in [0.717, 1.165) is 52.6 Å². The number of pyridine rings is 1. The lowest BCUT2D eigenvalue weighted by Crippen LogP contribution is -2.47. The summed E-state index contributed by atoms with van der Waals surface area (Å²) < 4.78 is 135. The molecule has 0 spiro atoms. The van der Waals surface area contributed by atoms with Crippen molar-refractivity contribution in [2.45, 2.75) is 168 Å². The van der Waals surface area contributed by atoms with E-state index in [1.165, 1.54) is 32.3 Å². The number of anilines is 1. The van der Waals surface area contributed by atoms with Crippen molar-refractivity contribution in [3.05, 3.63) is 115 Å². The third-order valence-corrected chi connectivity index (χ3v) is 14.6. The third kappa shape index (κ3) is 16.1. The first-order valence-corrected chi connectivity index (χ1v) is 28.7. The van der Waals surface area contributed by atoms with Crippen LogP contribution < -0.4 is 10.2 Å². The van der Waals surface area contributed by atoms with E-state index in [4.69, 9.17) is 31.7 Å². The number of carbonyl (C=O) groups is 1. The van der Waals surface area contributed by atoms with Gasteiger partial charge in [-0.15, -0.1) is 0 Å². The average molecular weight is 1120 g/mol. The highest BCUT2D eigenvalue weighted by Crippen LogP contribution is 2.49. The molecule has 2 heterocycles. The number of likely N-dealkylation sites (N-methyl/N-ethyl adjacent to an activating group) is 1. The van der Waals surface area contributed by atoms with Crippen LogP contribution in [0.3, 0.4) is 0 Å². The van der Waals surface area contributed by atoms with E-state index in [2.05, 4.69) is 17.3 Å². The molecule has 0 aliphatic heterocycles. The topological polar surface area (TPSA) is 126 Å². The molecule has 7 rings (SSSR count). The van der Waals surface area contributed by atoms with Gasteiger partial charge in [-0.3, -0.25) is 13.7 Å². The standard InChI is InChI=1S/C49H54ClF8N7O.C6H14O.C2H6OS/c1-6-9-37(59)42-27(4)41(13-12-29(42)7-2)64(5)47(62-46-35(25-66)36(50)23-38(61-46)31-14-16-48(55,56)17-15-31)39(21-28-19-32(51)22-33(52)20-28)60-40(30-10-8-11-30)24-65-44-34(43(63-65)45(53)54)18-26(3)49(44,57)58;1-3-4-5-6-7-2;1-4(2)3/h12-13,19-20,22-23,25-26,31,39,45,59-60H,6-11,14-18,21,24H2,1-5H3;3-6H2,1-2H3;1-2H3/b59-37?,62-47-;;. The minimum absolute atomic E-state index is 0.0293. The first-order valence-electron chi connectivity index (χ1n) is 26.4. The van der Waals surface area contributed by atoms with Crippen LogP contribution in [0.5, 0.6) is 0 Å².